The first-order valence-electron chi connectivity index (χ1n) is 12.8. The number of esters is 1. The van der Waals surface area contributed by atoms with Crippen molar-refractivity contribution in [3.8, 4) is 0 Å². The summed E-state index contributed by atoms with van der Waals surface area (Å²) < 4.78 is 31.2. The standard InChI is InChI=1S/C30H34N2O6Se/c1-21(33)37-28-27(36-19-24-15-9-4-10-16-24)26(35-18-23-13-7-3-8-14-23)25(38-29(28)39-30(31)32)20-34-17-22-11-5-2-6-12-22/h2-16,25-29H,17-20H2,1H3,(H3,31,32)/t25-,26-,27+,28+,29-/m1/s1. The van der Waals surface area contributed by atoms with Crippen LogP contribution < -0.4 is 5.73 Å². The van der Waals surface area contributed by atoms with Crippen LogP contribution in [0.1, 0.15) is 23.6 Å². The number of amidine groups is 1. The van der Waals surface area contributed by atoms with E-state index >= 15 is 0 Å². The summed E-state index contributed by atoms with van der Waals surface area (Å²) in [4.78, 5) is 12.2. The molecule has 0 aromatic heterocycles. The number of ether oxygens (including phenoxy) is 5. The summed E-state index contributed by atoms with van der Waals surface area (Å²) in [5, 5.41) is 7.31. The minimum absolute atomic E-state index is 0.0148. The molecular formula is C30H34N2O6Se. The van der Waals surface area contributed by atoms with Crippen molar-refractivity contribution >= 4 is 25.7 Å². The quantitative estimate of drug-likeness (QED) is 0.134. The SMILES string of the molecule is CC(=O)O[C@H]1[C@@H](OCc2ccccc2)[C@H](OCc2ccccc2)[C@@H](COCc2ccccc2)O[C@@H]1[Se]C(=N)N. The van der Waals surface area contributed by atoms with Crippen LogP contribution in [0, 0.1) is 5.41 Å². The Hall–Kier alpha value is -3.04. The van der Waals surface area contributed by atoms with Gasteiger partial charge in [-0.3, -0.25) is 0 Å². The van der Waals surface area contributed by atoms with Crippen molar-refractivity contribution in [2.75, 3.05) is 6.61 Å². The Morgan fingerprint density at radius 2 is 1.28 bits per heavy atom. The van der Waals surface area contributed by atoms with Gasteiger partial charge in [-0.25, -0.2) is 0 Å². The van der Waals surface area contributed by atoms with Gasteiger partial charge in [0, 0.05) is 0 Å². The Morgan fingerprint density at radius 3 is 1.77 bits per heavy atom. The average Bonchev–Trinajstić information content (AvgIpc) is 2.94. The van der Waals surface area contributed by atoms with E-state index in [0.29, 0.717) is 13.2 Å². The van der Waals surface area contributed by atoms with Crippen molar-refractivity contribution in [2.24, 2.45) is 5.73 Å². The molecule has 0 saturated carbocycles. The zero-order valence-electron chi connectivity index (χ0n) is 21.8. The summed E-state index contributed by atoms with van der Waals surface area (Å²) in [5.74, 6) is -0.471. The van der Waals surface area contributed by atoms with Gasteiger partial charge in [0.05, 0.1) is 0 Å². The van der Waals surface area contributed by atoms with Crippen LogP contribution in [-0.4, -0.2) is 61.7 Å². The molecule has 9 heteroatoms. The number of carbonyl (C=O) groups excluding carboxylic acids is 1. The van der Waals surface area contributed by atoms with Crippen LogP contribution in [0.2, 0.25) is 0 Å². The van der Waals surface area contributed by atoms with Crippen LogP contribution in [-0.2, 0) is 48.3 Å². The van der Waals surface area contributed by atoms with E-state index < -0.39 is 50.3 Å². The molecule has 3 N–H and O–H groups in total. The summed E-state index contributed by atoms with van der Waals surface area (Å²) >= 11 is -0.601. The van der Waals surface area contributed by atoms with Crippen LogP contribution in [0.25, 0.3) is 0 Å². The Kier molecular flexibility index (Phi) is 11.1. The van der Waals surface area contributed by atoms with Crippen molar-refractivity contribution < 1.29 is 28.5 Å². The van der Waals surface area contributed by atoms with Crippen LogP contribution >= 0.6 is 0 Å². The summed E-state index contributed by atoms with van der Waals surface area (Å²) in [7, 11) is 0. The second-order valence-electron chi connectivity index (χ2n) is 9.12. The van der Waals surface area contributed by atoms with Gasteiger partial charge in [-0.15, -0.1) is 0 Å². The van der Waals surface area contributed by atoms with E-state index in [4.69, 9.17) is 34.8 Å². The molecule has 0 unspecified atom stereocenters. The molecule has 0 amide bonds. The number of nitrogens with one attached hydrogen (secondary N) is 1. The number of carbonyl (C=O) groups is 1. The molecule has 1 saturated heterocycles. The monoisotopic (exact) mass is 598 g/mol. The van der Waals surface area contributed by atoms with Crippen LogP contribution in [0.3, 0.4) is 0 Å². The van der Waals surface area contributed by atoms with Crippen LogP contribution in [0.5, 0.6) is 0 Å². The minimum atomic E-state index is -0.804. The zero-order chi connectivity index (χ0) is 27.5. The van der Waals surface area contributed by atoms with E-state index in [0.717, 1.165) is 16.7 Å². The van der Waals surface area contributed by atoms with Crippen molar-refractivity contribution in [3.05, 3.63) is 108 Å². The molecule has 8 nitrogen and oxygen atoms in total. The summed E-state index contributed by atoms with van der Waals surface area (Å²) in [6.07, 6.45) is -2.64. The van der Waals surface area contributed by atoms with Crippen molar-refractivity contribution in [1.82, 2.24) is 0 Å². The third kappa shape index (κ3) is 9.00. The Bertz CT molecular complexity index is 1170. The van der Waals surface area contributed by atoms with Gasteiger partial charge in [-0.05, 0) is 0 Å². The first-order valence-corrected chi connectivity index (χ1v) is 14.6. The molecule has 206 valence electrons. The van der Waals surface area contributed by atoms with Crippen LogP contribution in [0.4, 0.5) is 0 Å². The van der Waals surface area contributed by atoms with Gasteiger partial charge in [-0.1, -0.05) is 0 Å². The van der Waals surface area contributed by atoms with Gasteiger partial charge in [0.15, 0.2) is 0 Å². The van der Waals surface area contributed by atoms with Gasteiger partial charge in [0.2, 0.25) is 0 Å². The van der Waals surface area contributed by atoms with Gasteiger partial charge < -0.3 is 0 Å². The predicted molar refractivity (Wildman–Crippen MR) is 148 cm³/mol. The van der Waals surface area contributed by atoms with E-state index in [9.17, 15) is 4.79 Å². The average molecular weight is 598 g/mol. The summed E-state index contributed by atoms with van der Waals surface area (Å²) in [6.45, 7) is 2.56. The first-order chi connectivity index (χ1) is 19.0. The third-order valence-corrected chi connectivity index (χ3v) is 7.92. The Labute approximate surface area is 235 Å². The summed E-state index contributed by atoms with van der Waals surface area (Å²) in [6, 6.07) is 29.5. The van der Waals surface area contributed by atoms with Crippen LogP contribution in [0.15, 0.2) is 91.0 Å². The van der Waals surface area contributed by atoms with Gasteiger partial charge in [0.1, 0.15) is 0 Å². The molecule has 39 heavy (non-hydrogen) atoms. The normalized spacial score (nSPS) is 22.7. The molecule has 0 aliphatic carbocycles. The van der Waals surface area contributed by atoms with Crippen molar-refractivity contribution in [2.45, 2.75) is 56.2 Å². The number of rotatable bonds is 13. The molecule has 3 aromatic rings. The van der Waals surface area contributed by atoms with E-state index in [1.165, 1.54) is 6.92 Å². The Morgan fingerprint density at radius 1 is 0.795 bits per heavy atom. The second-order valence-corrected chi connectivity index (χ2v) is 11.5. The molecule has 4 rings (SSSR count). The van der Waals surface area contributed by atoms with Gasteiger partial charge in [-0.2, -0.15) is 0 Å². The molecule has 1 aliphatic rings. The number of hydrogen-bond acceptors (Lipinski definition) is 7. The molecule has 5 atom stereocenters. The van der Waals surface area contributed by atoms with E-state index in [2.05, 4.69) is 0 Å². The van der Waals surface area contributed by atoms with Crippen molar-refractivity contribution in [3.63, 3.8) is 0 Å². The number of hydrogen-bond donors (Lipinski definition) is 2. The molecule has 1 fully saturated rings. The van der Waals surface area contributed by atoms with Gasteiger partial charge >= 0.3 is 236 Å². The fraction of sp³-hybridized carbons (Fsp3) is 0.333. The van der Waals surface area contributed by atoms with Crippen molar-refractivity contribution in [1.29, 1.82) is 5.41 Å². The third-order valence-electron chi connectivity index (χ3n) is 6.10. The first kappa shape index (κ1) is 29.0. The number of benzene rings is 3. The molecular weight excluding hydrogens is 563 g/mol. The maximum absolute atomic E-state index is 12.2. The number of nitrogens with two attached hydrogens (primary N) is 1. The zero-order valence-corrected chi connectivity index (χ0v) is 23.5. The second kappa shape index (κ2) is 14.9. The van der Waals surface area contributed by atoms with Gasteiger partial charge in [0.25, 0.3) is 0 Å². The summed E-state index contributed by atoms with van der Waals surface area (Å²) in [5.41, 5.74) is 8.80. The maximum atomic E-state index is 12.2. The molecule has 3 aromatic carbocycles. The van der Waals surface area contributed by atoms with E-state index in [-0.39, 0.29) is 17.9 Å². The Balaban J connectivity index is 1.60. The van der Waals surface area contributed by atoms with E-state index in [1.54, 1.807) is 0 Å². The molecule has 1 heterocycles. The molecule has 0 radical (unpaired) electrons. The fourth-order valence-electron chi connectivity index (χ4n) is 4.34. The topological polar surface area (TPSA) is 113 Å². The molecule has 0 bridgehead atoms. The molecule has 1 aliphatic heterocycles. The molecule has 0 spiro atoms. The fourth-order valence-corrected chi connectivity index (χ4v) is 6.01. The van der Waals surface area contributed by atoms with E-state index in [1.807, 2.05) is 91.0 Å². The predicted octanol–water partition coefficient (Wildman–Crippen LogP) is 3.63.